The van der Waals surface area contributed by atoms with E-state index in [1.165, 1.54) is 0 Å². The van der Waals surface area contributed by atoms with Crippen LogP contribution >= 0.6 is 23.1 Å². The number of methoxy groups -OCH3 is 1. The number of benzene rings is 2. The van der Waals surface area contributed by atoms with Crippen LogP contribution in [-0.2, 0) is 0 Å². The summed E-state index contributed by atoms with van der Waals surface area (Å²) in [5.74, 6) is 0.806. The van der Waals surface area contributed by atoms with Gasteiger partial charge in [-0.1, -0.05) is 23.9 Å². The van der Waals surface area contributed by atoms with Crippen LogP contribution in [0.2, 0.25) is 0 Å². The smallest absolute Gasteiger partial charge is 0.137 e. The van der Waals surface area contributed by atoms with Gasteiger partial charge in [-0.25, -0.2) is 4.98 Å². The Bertz CT molecular complexity index is 984. The molecule has 0 atom stereocenters. The number of ether oxygens (including phenoxy) is 1. The van der Waals surface area contributed by atoms with Crippen LogP contribution in [0.4, 0.5) is 5.69 Å². The third kappa shape index (κ3) is 2.33. The third-order valence-electron chi connectivity index (χ3n) is 3.87. The van der Waals surface area contributed by atoms with E-state index in [4.69, 9.17) is 4.74 Å². The zero-order chi connectivity index (χ0) is 16.7. The normalized spacial score (nSPS) is 15.3. The van der Waals surface area contributed by atoms with Gasteiger partial charge in [-0.3, -0.25) is 0 Å². The van der Waals surface area contributed by atoms with Crippen LogP contribution in [-0.4, -0.2) is 19.1 Å². The van der Waals surface area contributed by atoms with E-state index in [-0.39, 0.29) is 0 Å². The van der Waals surface area contributed by atoms with Crippen molar-refractivity contribution in [3.05, 3.63) is 52.5 Å². The van der Waals surface area contributed by atoms with Gasteiger partial charge in [0.05, 0.1) is 23.0 Å². The molecule has 0 saturated carbocycles. The van der Waals surface area contributed by atoms with E-state index in [0.717, 1.165) is 36.6 Å². The SMILES string of the molecule is COc1ccc2c(c1)N(C)/C(=C(\C#N)c1nc3ccccc3s1)S2. The number of thioether (sulfide) groups is 1. The van der Waals surface area contributed by atoms with Crippen molar-refractivity contribution in [2.24, 2.45) is 0 Å². The first-order valence-corrected chi connectivity index (χ1v) is 8.94. The average Bonchev–Trinajstić information content (AvgIpc) is 3.17. The number of anilines is 1. The lowest BCUT2D eigenvalue weighted by Gasteiger charge is -2.15. The molecule has 4 rings (SSSR count). The fourth-order valence-electron chi connectivity index (χ4n) is 2.64. The quantitative estimate of drug-likeness (QED) is 0.624. The number of allylic oxidation sites excluding steroid dienone is 1. The predicted molar refractivity (Wildman–Crippen MR) is 99.4 cm³/mol. The average molecular weight is 351 g/mol. The van der Waals surface area contributed by atoms with Crippen LogP contribution in [0.1, 0.15) is 5.01 Å². The molecule has 1 aliphatic heterocycles. The van der Waals surface area contributed by atoms with Crippen molar-refractivity contribution in [1.82, 2.24) is 4.98 Å². The molecular weight excluding hydrogens is 338 g/mol. The molecule has 0 radical (unpaired) electrons. The van der Waals surface area contributed by atoms with Gasteiger partial charge in [-0.05, 0) is 24.3 Å². The summed E-state index contributed by atoms with van der Waals surface area (Å²) in [5.41, 5.74) is 2.58. The van der Waals surface area contributed by atoms with Crippen LogP contribution in [0.3, 0.4) is 0 Å². The summed E-state index contributed by atoms with van der Waals surface area (Å²) in [4.78, 5) is 7.78. The summed E-state index contributed by atoms with van der Waals surface area (Å²) in [5, 5.41) is 11.4. The van der Waals surface area contributed by atoms with Crippen molar-refractivity contribution in [3.63, 3.8) is 0 Å². The van der Waals surface area contributed by atoms with Crippen molar-refractivity contribution in [2.45, 2.75) is 4.90 Å². The van der Waals surface area contributed by atoms with E-state index in [0.29, 0.717) is 5.57 Å². The van der Waals surface area contributed by atoms with Crippen LogP contribution in [0.25, 0.3) is 15.8 Å². The van der Waals surface area contributed by atoms with Gasteiger partial charge in [0, 0.05) is 18.0 Å². The number of hydrogen-bond donors (Lipinski definition) is 0. The maximum atomic E-state index is 9.76. The molecule has 3 aromatic rings. The van der Waals surface area contributed by atoms with E-state index >= 15 is 0 Å². The number of nitriles is 1. The minimum Gasteiger partial charge on any atom is -0.497 e. The summed E-state index contributed by atoms with van der Waals surface area (Å²) in [7, 11) is 3.63. The Morgan fingerprint density at radius 2 is 2.08 bits per heavy atom. The minimum atomic E-state index is 0.610. The maximum Gasteiger partial charge on any atom is 0.137 e. The molecule has 0 amide bonds. The maximum absolute atomic E-state index is 9.76. The highest BCUT2D eigenvalue weighted by Crippen LogP contribution is 2.49. The van der Waals surface area contributed by atoms with Gasteiger partial charge in [0.2, 0.25) is 0 Å². The second kappa shape index (κ2) is 5.86. The van der Waals surface area contributed by atoms with Gasteiger partial charge in [0.25, 0.3) is 0 Å². The molecule has 24 heavy (non-hydrogen) atoms. The Morgan fingerprint density at radius 3 is 2.83 bits per heavy atom. The monoisotopic (exact) mass is 351 g/mol. The largest absolute Gasteiger partial charge is 0.497 e. The number of rotatable bonds is 2. The number of aromatic nitrogens is 1. The van der Waals surface area contributed by atoms with E-state index < -0.39 is 0 Å². The third-order valence-corrected chi connectivity index (χ3v) is 6.16. The number of hydrogen-bond acceptors (Lipinski definition) is 6. The Labute approximate surface area is 148 Å². The Kier molecular flexibility index (Phi) is 3.68. The first-order valence-electron chi connectivity index (χ1n) is 7.31. The molecule has 0 saturated heterocycles. The molecule has 1 aliphatic rings. The van der Waals surface area contributed by atoms with Crippen molar-refractivity contribution >= 4 is 44.6 Å². The first kappa shape index (κ1) is 15.1. The highest BCUT2D eigenvalue weighted by Gasteiger charge is 2.27. The van der Waals surface area contributed by atoms with Gasteiger partial charge in [-0.15, -0.1) is 11.3 Å². The van der Waals surface area contributed by atoms with E-state index in [9.17, 15) is 5.26 Å². The molecule has 0 N–H and O–H groups in total. The Morgan fingerprint density at radius 1 is 1.25 bits per heavy atom. The first-order chi connectivity index (χ1) is 11.7. The van der Waals surface area contributed by atoms with Crippen molar-refractivity contribution < 1.29 is 4.74 Å². The number of para-hydroxylation sites is 1. The molecular formula is C18H13N3OS2. The van der Waals surface area contributed by atoms with Gasteiger partial charge in [0.1, 0.15) is 27.4 Å². The summed E-state index contributed by atoms with van der Waals surface area (Å²) < 4.78 is 6.40. The van der Waals surface area contributed by atoms with Crippen molar-refractivity contribution in [2.75, 3.05) is 19.1 Å². The second-order valence-corrected chi connectivity index (χ2v) is 7.33. The highest BCUT2D eigenvalue weighted by atomic mass is 32.2. The molecule has 0 bridgehead atoms. The summed E-state index contributed by atoms with van der Waals surface area (Å²) >= 11 is 3.14. The van der Waals surface area contributed by atoms with Crippen LogP contribution in [0, 0.1) is 11.3 Å². The van der Waals surface area contributed by atoms with Gasteiger partial charge in [-0.2, -0.15) is 5.26 Å². The molecule has 2 aromatic carbocycles. The standard InChI is InChI=1S/C18H13N3OS2/c1-21-14-9-11(22-2)7-8-16(14)24-18(21)12(10-19)17-20-13-5-3-4-6-15(13)23-17/h3-9H,1-2H3/b18-12-. The van der Waals surface area contributed by atoms with E-state index in [1.54, 1.807) is 30.2 Å². The Hall–Kier alpha value is -2.49. The summed E-state index contributed by atoms with van der Waals surface area (Å²) in [6.07, 6.45) is 0. The lowest BCUT2D eigenvalue weighted by atomic mass is 10.2. The lowest BCUT2D eigenvalue weighted by Crippen LogP contribution is -2.11. The summed E-state index contributed by atoms with van der Waals surface area (Å²) in [6.45, 7) is 0. The summed E-state index contributed by atoms with van der Waals surface area (Å²) in [6, 6.07) is 16.2. The molecule has 4 nitrogen and oxygen atoms in total. The topological polar surface area (TPSA) is 49.1 Å². The van der Waals surface area contributed by atoms with Crippen molar-refractivity contribution in [1.29, 1.82) is 5.26 Å². The van der Waals surface area contributed by atoms with Crippen LogP contribution < -0.4 is 9.64 Å². The van der Waals surface area contributed by atoms with Gasteiger partial charge in [0.15, 0.2) is 0 Å². The fourth-order valence-corrected chi connectivity index (χ4v) is 4.79. The van der Waals surface area contributed by atoms with Crippen molar-refractivity contribution in [3.8, 4) is 11.8 Å². The lowest BCUT2D eigenvalue weighted by molar-refractivity contribution is 0.414. The molecule has 6 heteroatoms. The second-order valence-electron chi connectivity index (χ2n) is 5.27. The zero-order valence-corrected chi connectivity index (χ0v) is 14.7. The molecule has 0 spiro atoms. The molecule has 1 aromatic heterocycles. The number of nitrogens with zero attached hydrogens (tertiary/aromatic N) is 3. The highest BCUT2D eigenvalue weighted by molar-refractivity contribution is 8.04. The number of fused-ring (bicyclic) bond motifs is 2. The minimum absolute atomic E-state index is 0.610. The van der Waals surface area contributed by atoms with Crippen LogP contribution in [0.5, 0.6) is 5.75 Å². The van der Waals surface area contributed by atoms with Gasteiger partial charge >= 0.3 is 0 Å². The zero-order valence-electron chi connectivity index (χ0n) is 13.1. The van der Waals surface area contributed by atoms with Crippen LogP contribution in [0.15, 0.2) is 52.4 Å². The molecule has 2 heterocycles. The number of thiazole rings is 1. The molecule has 0 fully saturated rings. The molecule has 0 aliphatic carbocycles. The molecule has 118 valence electrons. The Balaban J connectivity index is 1.83. The van der Waals surface area contributed by atoms with E-state index in [1.807, 2.05) is 54.4 Å². The predicted octanol–water partition coefficient (Wildman–Crippen LogP) is 4.74. The molecule has 0 unspecified atom stereocenters. The fraction of sp³-hybridized carbons (Fsp3) is 0.111. The van der Waals surface area contributed by atoms with Gasteiger partial charge < -0.3 is 9.64 Å². The van der Waals surface area contributed by atoms with E-state index in [2.05, 4.69) is 11.1 Å².